The smallest absolute Gasteiger partial charge is 0.0280 e. The maximum atomic E-state index is 6.29. The van der Waals surface area contributed by atoms with Crippen molar-refractivity contribution in [1.29, 1.82) is 0 Å². The number of hydrogen-bond acceptors (Lipinski definition) is 2. The maximum absolute atomic E-state index is 6.29. The van der Waals surface area contributed by atoms with Crippen molar-refractivity contribution in [3.8, 4) is 0 Å². The lowest BCUT2D eigenvalue weighted by Crippen LogP contribution is -2.46. The third-order valence-corrected chi connectivity index (χ3v) is 3.96. The SMILES string of the molecule is CC(C)CCCCCCNCC1(N)CCCC1. The zero-order chi connectivity index (χ0) is 12.6. The minimum Gasteiger partial charge on any atom is -0.324 e. The lowest BCUT2D eigenvalue weighted by molar-refractivity contribution is 0.401. The van der Waals surface area contributed by atoms with Crippen molar-refractivity contribution in [2.45, 2.75) is 77.2 Å². The first-order valence-electron chi connectivity index (χ1n) is 7.62. The Hall–Kier alpha value is -0.0800. The summed E-state index contributed by atoms with van der Waals surface area (Å²) < 4.78 is 0. The molecular weight excluding hydrogens is 208 g/mol. The zero-order valence-electron chi connectivity index (χ0n) is 11.9. The van der Waals surface area contributed by atoms with Gasteiger partial charge in [0.15, 0.2) is 0 Å². The molecule has 0 atom stereocenters. The van der Waals surface area contributed by atoms with Gasteiger partial charge in [0, 0.05) is 12.1 Å². The molecule has 2 nitrogen and oxygen atoms in total. The van der Waals surface area contributed by atoms with Gasteiger partial charge in [-0.3, -0.25) is 0 Å². The van der Waals surface area contributed by atoms with Crippen molar-refractivity contribution >= 4 is 0 Å². The third-order valence-electron chi connectivity index (χ3n) is 3.96. The average Bonchev–Trinajstić information content (AvgIpc) is 2.69. The summed E-state index contributed by atoms with van der Waals surface area (Å²) in [5, 5.41) is 3.54. The lowest BCUT2D eigenvalue weighted by atomic mass is 9.99. The molecule has 1 saturated carbocycles. The van der Waals surface area contributed by atoms with Crippen LogP contribution >= 0.6 is 0 Å². The van der Waals surface area contributed by atoms with E-state index < -0.39 is 0 Å². The van der Waals surface area contributed by atoms with Gasteiger partial charge in [0.2, 0.25) is 0 Å². The Bertz CT molecular complexity index is 183. The summed E-state index contributed by atoms with van der Waals surface area (Å²) in [5.41, 5.74) is 6.41. The van der Waals surface area contributed by atoms with Gasteiger partial charge in [0.25, 0.3) is 0 Å². The molecule has 0 aromatic rings. The van der Waals surface area contributed by atoms with E-state index in [1.165, 1.54) is 57.8 Å². The lowest BCUT2D eigenvalue weighted by Gasteiger charge is -2.23. The number of hydrogen-bond donors (Lipinski definition) is 2. The van der Waals surface area contributed by atoms with Crippen LogP contribution in [0.1, 0.15) is 71.6 Å². The molecular formula is C15H32N2. The molecule has 0 heterocycles. The molecule has 0 amide bonds. The summed E-state index contributed by atoms with van der Waals surface area (Å²) in [6.45, 7) is 6.80. The minimum atomic E-state index is 0.123. The normalized spacial score (nSPS) is 19.1. The fourth-order valence-corrected chi connectivity index (χ4v) is 2.75. The number of nitrogens with one attached hydrogen (secondary N) is 1. The van der Waals surface area contributed by atoms with Crippen molar-refractivity contribution in [2.75, 3.05) is 13.1 Å². The van der Waals surface area contributed by atoms with Crippen molar-refractivity contribution in [3.05, 3.63) is 0 Å². The highest BCUT2D eigenvalue weighted by molar-refractivity contribution is 4.90. The van der Waals surface area contributed by atoms with E-state index >= 15 is 0 Å². The Morgan fingerprint density at radius 2 is 1.71 bits per heavy atom. The molecule has 1 aliphatic carbocycles. The zero-order valence-corrected chi connectivity index (χ0v) is 11.9. The summed E-state index contributed by atoms with van der Waals surface area (Å²) in [5.74, 6) is 0.868. The van der Waals surface area contributed by atoms with Crippen LogP contribution in [0.3, 0.4) is 0 Å². The van der Waals surface area contributed by atoms with Crippen molar-refractivity contribution in [2.24, 2.45) is 11.7 Å². The van der Waals surface area contributed by atoms with Gasteiger partial charge in [0.1, 0.15) is 0 Å². The molecule has 0 radical (unpaired) electrons. The fraction of sp³-hybridized carbons (Fsp3) is 1.00. The largest absolute Gasteiger partial charge is 0.324 e. The van der Waals surface area contributed by atoms with E-state index in [9.17, 15) is 0 Å². The van der Waals surface area contributed by atoms with Gasteiger partial charge < -0.3 is 11.1 Å². The monoisotopic (exact) mass is 240 g/mol. The summed E-state index contributed by atoms with van der Waals surface area (Å²) in [7, 11) is 0. The molecule has 0 aromatic carbocycles. The van der Waals surface area contributed by atoms with Crippen molar-refractivity contribution in [1.82, 2.24) is 5.32 Å². The molecule has 17 heavy (non-hydrogen) atoms. The molecule has 0 spiro atoms. The molecule has 1 rings (SSSR count). The van der Waals surface area contributed by atoms with Crippen LogP contribution in [-0.4, -0.2) is 18.6 Å². The average molecular weight is 240 g/mol. The highest BCUT2D eigenvalue weighted by Crippen LogP contribution is 2.26. The first kappa shape index (κ1) is 15.0. The number of nitrogens with two attached hydrogens (primary N) is 1. The van der Waals surface area contributed by atoms with Gasteiger partial charge in [-0.2, -0.15) is 0 Å². The van der Waals surface area contributed by atoms with Crippen LogP contribution in [0, 0.1) is 5.92 Å². The van der Waals surface area contributed by atoms with Crippen molar-refractivity contribution in [3.63, 3.8) is 0 Å². The quantitative estimate of drug-likeness (QED) is 0.606. The van der Waals surface area contributed by atoms with Gasteiger partial charge >= 0.3 is 0 Å². The highest BCUT2D eigenvalue weighted by Gasteiger charge is 2.28. The van der Waals surface area contributed by atoms with E-state index in [-0.39, 0.29) is 5.54 Å². The van der Waals surface area contributed by atoms with Crippen LogP contribution in [0.25, 0.3) is 0 Å². The van der Waals surface area contributed by atoms with E-state index in [1.807, 2.05) is 0 Å². The second kappa shape index (κ2) is 8.10. The highest BCUT2D eigenvalue weighted by atomic mass is 14.9. The van der Waals surface area contributed by atoms with E-state index in [4.69, 9.17) is 5.73 Å². The number of rotatable bonds is 9. The third kappa shape index (κ3) is 7.05. The molecule has 0 aliphatic heterocycles. The molecule has 3 N–H and O–H groups in total. The minimum absolute atomic E-state index is 0.123. The summed E-state index contributed by atoms with van der Waals surface area (Å²) in [4.78, 5) is 0. The van der Waals surface area contributed by atoms with E-state index in [0.29, 0.717) is 0 Å². The molecule has 1 fully saturated rings. The Morgan fingerprint density at radius 1 is 1.06 bits per heavy atom. The molecule has 102 valence electrons. The molecule has 0 aromatic heterocycles. The summed E-state index contributed by atoms with van der Waals surface area (Å²) in [6, 6.07) is 0. The van der Waals surface area contributed by atoms with Crippen LogP contribution < -0.4 is 11.1 Å². The topological polar surface area (TPSA) is 38.0 Å². The Balaban J connectivity index is 1.84. The van der Waals surface area contributed by atoms with Gasteiger partial charge in [-0.05, 0) is 31.7 Å². The Morgan fingerprint density at radius 3 is 2.35 bits per heavy atom. The molecule has 0 unspecified atom stereocenters. The van der Waals surface area contributed by atoms with Gasteiger partial charge in [-0.1, -0.05) is 52.4 Å². The first-order chi connectivity index (χ1) is 8.12. The van der Waals surface area contributed by atoms with Crippen molar-refractivity contribution < 1.29 is 0 Å². The molecule has 1 aliphatic rings. The number of unbranched alkanes of at least 4 members (excludes halogenated alkanes) is 3. The standard InChI is InChI=1S/C15H32N2/c1-14(2)9-5-3-4-8-12-17-13-15(16)10-6-7-11-15/h14,17H,3-13,16H2,1-2H3. The van der Waals surface area contributed by atoms with Crippen LogP contribution in [-0.2, 0) is 0 Å². The van der Waals surface area contributed by atoms with Gasteiger partial charge in [-0.25, -0.2) is 0 Å². The fourth-order valence-electron chi connectivity index (χ4n) is 2.75. The van der Waals surface area contributed by atoms with Crippen LogP contribution in [0.4, 0.5) is 0 Å². The summed E-state index contributed by atoms with van der Waals surface area (Å²) >= 11 is 0. The molecule has 2 heteroatoms. The second-order valence-electron chi connectivity index (χ2n) is 6.34. The van der Waals surface area contributed by atoms with Gasteiger partial charge in [0.05, 0.1) is 0 Å². The van der Waals surface area contributed by atoms with E-state index in [0.717, 1.165) is 19.0 Å². The maximum Gasteiger partial charge on any atom is 0.0280 e. The van der Waals surface area contributed by atoms with Crippen LogP contribution in [0.15, 0.2) is 0 Å². The predicted octanol–water partition coefficient (Wildman–Crippen LogP) is 3.45. The van der Waals surface area contributed by atoms with Crippen LogP contribution in [0.2, 0.25) is 0 Å². The van der Waals surface area contributed by atoms with E-state index in [2.05, 4.69) is 19.2 Å². The molecule has 0 saturated heterocycles. The first-order valence-corrected chi connectivity index (χ1v) is 7.62. The Kier molecular flexibility index (Phi) is 7.14. The van der Waals surface area contributed by atoms with E-state index in [1.54, 1.807) is 0 Å². The summed E-state index contributed by atoms with van der Waals surface area (Å²) in [6.07, 6.45) is 12.0. The predicted molar refractivity (Wildman–Crippen MR) is 76.2 cm³/mol. The van der Waals surface area contributed by atoms with Crippen LogP contribution in [0.5, 0.6) is 0 Å². The second-order valence-corrected chi connectivity index (χ2v) is 6.34. The Labute approximate surface area is 108 Å². The van der Waals surface area contributed by atoms with Gasteiger partial charge in [-0.15, -0.1) is 0 Å². The molecule has 0 bridgehead atoms.